The summed E-state index contributed by atoms with van der Waals surface area (Å²) in [7, 11) is 2.08. The quantitative estimate of drug-likeness (QED) is 0.738. The summed E-state index contributed by atoms with van der Waals surface area (Å²) in [5.74, 6) is 0. The molecule has 0 amide bonds. The highest BCUT2D eigenvalue weighted by Gasteiger charge is 2.39. The average molecular weight is 360 g/mol. The number of likely N-dealkylation sites (N-methyl/N-ethyl adjacent to an activating group) is 1. The molecule has 2 nitrogen and oxygen atoms in total. The predicted molar refractivity (Wildman–Crippen MR) is 90.6 cm³/mol. The Morgan fingerprint density at radius 3 is 2.50 bits per heavy atom. The monoisotopic (exact) mass is 359 g/mol. The lowest BCUT2D eigenvalue weighted by Crippen LogP contribution is -2.52. The molecule has 1 atom stereocenters. The third-order valence-corrected chi connectivity index (χ3v) is 6.05. The van der Waals surface area contributed by atoms with E-state index in [1.54, 1.807) is 0 Å². The van der Waals surface area contributed by atoms with Crippen LogP contribution in [-0.2, 0) is 11.2 Å². The number of ether oxygens (including phenoxy) is 1. The molecule has 20 heavy (non-hydrogen) atoms. The normalized spacial score (nSPS) is 20.6. The van der Waals surface area contributed by atoms with E-state index >= 15 is 0 Å². The minimum atomic E-state index is 0.0243. The van der Waals surface area contributed by atoms with Gasteiger partial charge in [0.15, 0.2) is 0 Å². The summed E-state index contributed by atoms with van der Waals surface area (Å²) in [4.78, 5) is 1.43. The number of halogens is 1. The summed E-state index contributed by atoms with van der Waals surface area (Å²) < 4.78 is 7.53. The van der Waals surface area contributed by atoms with E-state index in [0.29, 0.717) is 6.04 Å². The first-order chi connectivity index (χ1) is 9.70. The van der Waals surface area contributed by atoms with Gasteiger partial charge in [-0.05, 0) is 61.3 Å². The second-order valence-electron chi connectivity index (χ2n) is 5.66. The maximum atomic E-state index is 6.31. The van der Waals surface area contributed by atoms with Crippen LogP contribution >= 0.6 is 27.3 Å². The summed E-state index contributed by atoms with van der Waals surface area (Å²) in [6.45, 7) is 2.94. The molecule has 0 aliphatic heterocycles. The van der Waals surface area contributed by atoms with Crippen molar-refractivity contribution in [2.45, 2.75) is 63.5 Å². The molecule has 1 aromatic rings. The van der Waals surface area contributed by atoms with Crippen molar-refractivity contribution >= 4 is 27.3 Å². The molecule has 1 aromatic heterocycles. The minimum Gasteiger partial charge on any atom is -0.374 e. The first kappa shape index (κ1) is 16.5. The van der Waals surface area contributed by atoms with Gasteiger partial charge >= 0.3 is 0 Å². The van der Waals surface area contributed by atoms with Crippen LogP contribution in [0, 0.1) is 0 Å². The number of hydrogen-bond acceptors (Lipinski definition) is 3. The van der Waals surface area contributed by atoms with Gasteiger partial charge in [0, 0.05) is 17.5 Å². The molecule has 1 aliphatic carbocycles. The van der Waals surface area contributed by atoms with E-state index in [-0.39, 0.29) is 5.60 Å². The molecule has 1 unspecified atom stereocenters. The molecule has 1 saturated carbocycles. The average Bonchev–Trinajstić information content (AvgIpc) is 2.71. The van der Waals surface area contributed by atoms with Crippen LogP contribution in [-0.4, -0.2) is 25.3 Å². The van der Waals surface area contributed by atoms with Crippen molar-refractivity contribution in [2.24, 2.45) is 0 Å². The Balaban J connectivity index is 2.15. The molecule has 0 radical (unpaired) electrons. The molecule has 1 aliphatic rings. The molecular formula is C16H26BrNOS. The lowest BCUT2D eigenvalue weighted by molar-refractivity contribution is -0.0751. The van der Waals surface area contributed by atoms with E-state index in [4.69, 9.17) is 4.74 Å². The zero-order valence-corrected chi connectivity index (χ0v) is 15.0. The van der Waals surface area contributed by atoms with Gasteiger partial charge in [-0.3, -0.25) is 0 Å². The molecule has 0 aromatic carbocycles. The van der Waals surface area contributed by atoms with Crippen molar-refractivity contribution in [3.63, 3.8) is 0 Å². The zero-order valence-electron chi connectivity index (χ0n) is 12.6. The van der Waals surface area contributed by atoms with Gasteiger partial charge in [-0.25, -0.2) is 0 Å². The molecule has 2 rings (SSSR count). The summed E-state index contributed by atoms with van der Waals surface area (Å²) in [6.07, 6.45) is 8.76. The summed E-state index contributed by atoms with van der Waals surface area (Å²) >= 11 is 5.40. The van der Waals surface area contributed by atoms with Gasteiger partial charge in [-0.1, -0.05) is 25.7 Å². The number of rotatable bonds is 6. The van der Waals surface area contributed by atoms with Gasteiger partial charge in [0.25, 0.3) is 0 Å². The topological polar surface area (TPSA) is 21.3 Å². The lowest BCUT2D eigenvalue weighted by atomic mass is 9.84. The Kier molecular flexibility index (Phi) is 6.53. The van der Waals surface area contributed by atoms with Gasteiger partial charge in [-0.15, -0.1) is 11.3 Å². The molecule has 0 saturated heterocycles. The van der Waals surface area contributed by atoms with Crippen LogP contribution in [0.5, 0.6) is 0 Å². The lowest BCUT2D eigenvalue weighted by Gasteiger charge is -2.40. The van der Waals surface area contributed by atoms with Crippen molar-refractivity contribution in [3.05, 3.63) is 20.8 Å². The van der Waals surface area contributed by atoms with Crippen molar-refractivity contribution < 1.29 is 4.74 Å². The molecule has 1 N–H and O–H groups in total. The van der Waals surface area contributed by atoms with Gasteiger partial charge in [-0.2, -0.15) is 0 Å². The van der Waals surface area contributed by atoms with Gasteiger partial charge < -0.3 is 10.1 Å². The van der Waals surface area contributed by atoms with Gasteiger partial charge in [0.05, 0.1) is 9.39 Å². The summed E-state index contributed by atoms with van der Waals surface area (Å²) in [6, 6.07) is 4.79. The highest BCUT2D eigenvalue weighted by atomic mass is 79.9. The van der Waals surface area contributed by atoms with E-state index in [2.05, 4.69) is 47.4 Å². The highest BCUT2D eigenvalue weighted by Crippen LogP contribution is 2.36. The highest BCUT2D eigenvalue weighted by molar-refractivity contribution is 9.11. The fourth-order valence-electron chi connectivity index (χ4n) is 3.42. The fraction of sp³-hybridized carbons (Fsp3) is 0.750. The molecule has 114 valence electrons. The largest absolute Gasteiger partial charge is 0.374 e. The van der Waals surface area contributed by atoms with E-state index in [9.17, 15) is 0 Å². The molecule has 1 heterocycles. The number of hydrogen-bond donors (Lipinski definition) is 1. The summed E-state index contributed by atoms with van der Waals surface area (Å²) in [5.41, 5.74) is 0.0243. The number of nitrogens with one attached hydrogen (secondary N) is 1. The SMILES string of the molecule is CCOC1(C(Cc2ccc(Br)s2)NC)CCCCCC1. The Bertz CT molecular complexity index is 399. The molecule has 0 bridgehead atoms. The Morgan fingerprint density at radius 2 is 2.00 bits per heavy atom. The third-order valence-electron chi connectivity index (χ3n) is 4.40. The van der Waals surface area contributed by atoms with Crippen molar-refractivity contribution in [3.8, 4) is 0 Å². The van der Waals surface area contributed by atoms with Crippen molar-refractivity contribution in [2.75, 3.05) is 13.7 Å². The Hall–Kier alpha value is 0.1000. The van der Waals surface area contributed by atoms with E-state index < -0.39 is 0 Å². The van der Waals surface area contributed by atoms with Gasteiger partial charge in [0.1, 0.15) is 0 Å². The van der Waals surface area contributed by atoms with E-state index in [1.165, 1.54) is 47.2 Å². The Morgan fingerprint density at radius 1 is 1.30 bits per heavy atom. The van der Waals surface area contributed by atoms with Crippen LogP contribution < -0.4 is 5.32 Å². The van der Waals surface area contributed by atoms with Crippen LogP contribution in [0.25, 0.3) is 0 Å². The van der Waals surface area contributed by atoms with Crippen LogP contribution in [0.4, 0.5) is 0 Å². The second-order valence-corrected chi connectivity index (χ2v) is 8.21. The van der Waals surface area contributed by atoms with Crippen LogP contribution in [0.2, 0.25) is 0 Å². The van der Waals surface area contributed by atoms with Crippen molar-refractivity contribution in [1.82, 2.24) is 5.32 Å². The maximum absolute atomic E-state index is 6.31. The smallest absolute Gasteiger partial charge is 0.0838 e. The van der Waals surface area contributed by atoms with Crippen LogP contribution in [0.1, 0.15) is 50.3 Å². The van der Waals surface area contributed by atoms with Crippen LogP contribution in [0.3, 0.4) is 0 Å². The summed E-state index contributed by atoms with van der Waals surface area (Å²) in [5, 5.41) is 3.55. The first-order valence-corrected chi connectivity index (χ1v) is 9.36. The van der Waals surface area contributed by atoms with Gasteiger partial charge in [0.2, 0.25) is 0 Å². The van der Waals surface area contributed by atoms with Crippen LogP contribution in [0.15, 0.2) is 15.9 Å². The minimum absolute atomic E-state index is 0.0243. The first-order valence-electron chi connectivity index (χ1n) is 7.75. The van der Waals surface area contributed by atoms with Crippen molar-refractivity contribution in [1.29, 1.82) is 0 Å². The Labute approximate surface area is 135 Å². The third kappa shape index (κ3) is 4.06. The molecular weight excluding hydrogens is 334 g/mol. The second kappa shape index (κ2) is 7.92. The molecule has 0 spiro atoms. The fourth-order valence-corrected chi connectivity index (χ4v) is 4.95. The van der Waals surface area contributed by atoms with E-state index in [0.717, 1.165) is 13.0 Å². The molecule has 1 fully saturated rings. The molecule has 4 heteroatoms. The maximum Gasteiger partial charge on any atom is 0.0838 e. The number of thiophene rings is 1. The standard InChI is InChI=1S/C16H26BrNOS/c1-3-19-16(10-6-4-5-7-11-16)14(18-2)12-13-8-9-15(17)20-13/h8-9,14,18H,3-7,10-12H2,1-2H3. The van der Waals surface area contributed by atoms with E-state index in [1.807, 2.05) is 11.3 Å². The zero-order chi connectivity index (χ0) is 14.4. The predicted octanol–water partition coefficient (Wildman–Crippen LogP) is 4.77.